The van der Waals surface area contributed by atoms with Crippen molar-refractivity contribution in [3.63, 3.8) is 0 Å². The van der Waals surface area contributed by atoms with E-state index in [1.807, 2.05) is 12.1 Å². The Bertz CT molecular complexity index is 406. The van der Waals surface area contributed by atoms with Gasteiger partial charge >= 0.3 is 5.97 Å². The lowest BCUT2D eigenvalue weighted by atomic mass is 10.2. The summed E-state index contributed by atoms with van der Waals surface area (Å²) in [4.78, 5) is 22.9. The van der Waals surface area contributed by atoms with Crippen molar-refractivity contribution in [2.75, 3.05) is 7.11 Å². The molecule has 0 aliphatic heterocycles. The number of hydrogen-bond acceptors (Lipinski definition) is 3. The number of amides is 1. The number of esters is 1. The predicted octanol–water partition coefficient (Wildman–Crippen LogP) is 1.58. The molecule has 5 heteroatoms. The number of rotatable bonds is 3. The Balaban J connectivity index is 2.73. The molecule has 4 nitrogen and oxygen atoms in total. The molecule has 1 amide bonds. The summed E-state index contributed by atoms with van der Waals surface area (Å²) in [5.74, 6) is -0.734. The molecule has 0 heterocycles. The maximum atomic E-state index is 11.8. The summed E-state index contributed by atoms with van der Waals surface area (Å²) >= 11 is 2.07. The average molecular weight is 333 g/mol. The van der Waals surface area contributed by atoms with Crippen molar-refractivity contribution in [3.8, 4) is 0 Å². The second-order valence-corrected chi connectivity index (χ2v) is 4.36. The molecule has 0 saturated carbocycles. The fourth-order valence-corrected chi connectivity index (χ4v) is 1.79. The molecule has 1 unspecified atom stereocenters. The number of halogens is 1. The third-order valence-corrected chi connectivity index (χ3v) is 2.96. The Morgan fingerprint density at radius 3 is 2.56 bits per heavy atom. The van der Waals surface area contributed by atoms with Crippen molar-refractivity contribution >= 4 is 34.5 Å². The van der Waals surface area contributed by atoms with Crippen molar-refractivity contribution < 1.29 is 14.3 Å². The molecular formula is C11H12INO3. The van der Waals surface area contributed by atoms with Gasteiger partial charge in [0.2, 0.25) is 0 Å². The Morgan fingerprint density at radius 2 is 2.00 bits per heavy atom. The normalized spacial score (nSPS) is 11.7. The second kappa shape index (κ2) is 5.83. The summed E-state index contributed by atoms with van der Waals surface area (Å²) in [6.45, 7) is 1.58. The van der Waals surface area contributed by atoms with E-state index in [0.29, 0.717) is 5.56 Å². The highest BCUT2D eigenvalue weighted by atomic mass is 127. The fraction of sp³-hybridized carbons (Fsp3) is 0.273. The zero-order valence-electron chi connectivity index (χ0n) is 8.99. The van der Waals surface area contributed by atoms with Gasteiger partial charge in [-0.25, -0.2) is 4.79 Å². The van der Waals surface area contributed by atoms with Gasteiger partial charge in [0, 0.05) is 3.57 Å². The third kappa shape index (κ3) is 3.19. The topological polar surface area (TPSA) is 55.4 Å². The third-order valence-electron chi connectivity index (χ3n) is 2.02. The summed E-state index contributed by atoms with van der Waals surface area (Å²) in [6.07, 6.45) is 0. The summed E-state index contributed by atoms with van der Waals surface area (Å²) in [7, 11) is 1.29. The Kier molecular flexibility index (Phi) is 4.72. The maximum absolute atomic E-state index is 11.8. The van der Waals surface area contributed by atoms with Crippen LogP contribution in [0.15, 0.2) is 24.3 Å². The van der Waals surface area contributed by atoms with E-state index < -0.39 is 12.0 Å². The second-order valence-electron chi connectivity index (χ2n) is 3.20. The highest BCUT2D eigenvalue weighted by molar-refractivity contribution is 14.1. The SMILES string of the molecule is COC(=O)C(C)NC(=O)c1ccccc1I. The van der Waals surface area contributed by atoms with Crippen LogP contribution >= 0.6 is 22.6 Å². The molecule has 1 atom stereocenters. The van der Waals surface area contributed by atoms with Crippen molar-refractivity contribution in [2.24, 2.45) is 0 Å². The van der Waals surface area contributed by atoms with Crippen LogP contribution in [0, 0.1) is 3.57 Å². The summed E-state index contributed by atoms with van der Waals surface area (Å²) < 4.78 is 5.37. The molecule has 16 heavy (non-hydrogen) atoms. The van der Waals surface area contributed by atoms with Gasteiger partial charge in [-0.15, -0.1) is 0 Å². The molecule has 1 aromatic carbocycles. The van der Waals surface area contributed by atoms with Gasteiger partial charge in [-0.3, -0.25) is 4.79 Å². The average Bonchev–Trinajstić information content (AvgIpc) is 2.28. The highest BCUT2D eigenvalue weighted by Crippen LogP contribution is 2.11. The number of carbonyl (C=O) groups is 2. The summed E-state index contributed by atoms with van der Waals surface area (Å²) in [5.41, 5.74) is 0.554. The molecule has 1 aromatic rings. The lowest BCUT2D eigenvalue weighted by molar-refractivity contribution is -0.142. The van der Waals surface area contributed by atoms with Gasteiger partial charge < -0.3 is 10.1 Å². The van der Waals surface area contributed by atoms with Crippen LogP contribution in [0.4, 0.5) is 0 Å². The number of ether oxygens (including phenoxy) is 1. The van der Waals surface area contributed by atoms with Crippen LogP contribution < -0.4 is 5.32 Å². The lowest BCUT2D eigenvalue weighted by Crippen LogP contribution is -2.39. The van der Waals surface area contributed by atoms with E-state index in [1.165, 1.54) is 7.11 Å². The zero-order chi connectivity index (χ0) is 12.1. The minimum atomic E-state index is -0.645. The van der Waals surface area contributed by atoms with E-state index in [9.17, 15) is 9.59 Å². The van der Waals surface area contributed by atoms with Crippen LogP contribution in [0.25, 0.3) is 0 Å². The molecule has 0 saturated heterocycles. The zero-order valence-corrected chi connectivity index (χ0v) is 11.1. The molecular weight excluding hydrogens is 321 g/mol. The van der Waals surface area contributed by atoms with Crippen LogP contribution in [-0.4, -0.2) is 25.0 Å². The standard InChI is InChI=1S/C11H12INO3/c1-7(11(15)16-2)13-10(14)8-5-3-4-6-9(8)12/h3-7H,1-2H3,(H,13,14). The molecule has 86 valence electrons. The molecule has 0 bridgehead atoms. The van der Waals surface area contributed by atoms with Gasteiger partial charge in [-0.1, -0.05) is 12.1 Å². The van der Waals surface area contributed by atoms with E-state index in [0.717, 1.165) is 3.57 Å². The fourth-order valence-electron chi connectivity index (χ4n) is 1.16. The quantitative estimate of drug-likeness (QED) is 0.675. The van der Waals surface area contributed by atoms with E-state index >= 15 is 0 Å². The predicted molar refractivity (Wildman–Crippen MR) is 68.1 cm³/mol. The smallest absolute Gasteiger partial charge is 0.328 e. The maximum Gasteiger partial charge on any atom is 0.328 e. The van der Waals surface area contributed by atoms with Crippen LogP contribution in [-0.2, 0) is 9.53 Å². The Labute approximate surface area is 108 Å². The molecule has 0 aromatic heterocycles. The van der Waals surface area contributed by atoms with Gasteiger partial charge in [-0.2, -0.15) is 0 Å². The number of nitrogens with one attached hydrogen (secondary N) is 1. The first-order valence-corrected chi connectivity index (χ1v) is 5.77. The molecule has 1 rings (SSSR count). The van der Waals surface area contributed by atoms with Crippen LogP contribution in [0.2, 0.25) is 0 Å². The highest BCUT2D eigenvalue weighted by Gasteiger charge is 2.17. The van der Waals surface area contributed by atoms with Crippen LogP contribution in [0.3, 0.4) is 0 Å². The van der Waals surface area contributed by atoms with Crippen molar-refractivity contribution in [2.45, 2.75) is 13.0 Å². The van der Waals surface area contributed by atoms with Gasteiger partial charge in [0.25, 0.3) is 5.91 Å². The molecule has 0 spiro atoms. The minimum absolute atomic E-state index is 0.275. The van der Waals surface area contributed by atoms with E-state index in [-0.39, 0.29) is 5.91 Å². The van der Waals surface area contributed by atoms with Crippen molar-refractivity contribution in [1.82, 2.24) is 5.32 Å². The molecule has 0 fully saturated rings. The molecule has 0 radical (unpaired) electrons. The van der Waals surface area contributed by atoms with Gasteiger partial charge in [0.15, 0.2) is 0 Å². The van der Waals surface area contributed by atoms with Gasteiger partial charge in [0.05, 0.1) is 12.7 Å². The number of hydrogen-bond donors (Lipinski definition) is 1. The van der Waals surface area contributed by atoms with Crippen molar-refractivity contribution in [1.29, 1.82) is 0 Å². The monoisotopic (exact) mass is 333 g/mol. The molecule has 1 N–H and O–H groups in total. The van der Waals surface area contributed by atoms with E-state index in [2.05, 4.69) is 32.6 Å². The first-order chi connectivity index (χ1) is 7.56. The van der Waals surface area contributed by atoms with Gasteiger partial charge in [0.1, 0.15) is 6.04 Å². The Hall–Kier alpha value is -1.11. The van der Waals surface area contributed by atoms with E-state index in [4.69, 9.17) is 0 Å². The number of methoxy groups -OCH3 is 1. The molecule has 0 aliphatic carbocycles. The first kappa shape index (κ1) is 13.0. The molecule has 0 aliphatic rings. The summed E-state index contributed by atoms with van der Waals surface area (Å²) in [6, 6.07) is 6.52. The number of carbonyl (C=O) groups excluding carboxylic acids is 2. The van der Waals surface area contributed by atoms with Crippen molar-refractivity contribution in [3.05, 3.63) is 33.4 Å². The summed E-state index contributed by atoms with van der Waals surface area (Å²) in [5, 5.41) is 2.57. The van der Waals surface area contributed by atoms with E-state index in [1.54, 1.807) is 19.1 Å². The van der Waals surface area contributed by atoms with Crippen LogP contribution in [0.1, 0.15) is 17.3 Å². The van der Waals surface area contributed by atoms with Gasteiger partial charge in [-0.05, 0) is 41.6 Å². The Morgan fingerprint density at radius 1 is 1.38 bits per heavy atom. The minimum Gasteiger partial charge on any atom is -0.467 e. The first-order valence-electron chi connectivity index (χ1n) is 4.69. The largest absolute Gasteiger partial charge is 0.467 e. The van der Waals surface area contributed by atoms with Crippen LogP contribution in [0.5, 0.6) is 0 Å². The lowest BCUT2D eigenvalue weighted by Gasteiger charge is -2.12. The number of benzene rings is 1.